The first-order chi connectivity index (χ1) is 23.9. The molecular formula is C36H30N8O6. The summed E-state index contributed by atoms with van der Waals surface area (Å²) in [5.74, 6) is 3.52. The van der Waals surface area contributed by atoms with Gasteiger partial charge in [0.25, 0.3) is 17.7 Å². The average Bonchev–Trinajstić information content (AvgIpc) is 3.51. The van der Waals surface area contributed by atoms with Gasteiger partial charge in [-0.15, -0.1) is 5.10 Å². The molecule has 2 fully saturated rings. The molecule has 250 valence electrons. The smallest absolute Gasteiger partial charge is 0.347 e. The molecule has 2 N–H and O–H groups in total. The zero-order chi connectivity index (χ0) is 35.5. The molecule has 3 aromatic carbocycles. The molecule has 5 amide bonds. The molecule has 2 saturated heterocycles. The number of nitriles is 1. The van der Waals surface area contributed by atoms with E-state index in [4.69, 9.17) is 0 Å². The Morgan fingerprint density at radius 3 is 2.42 bits per heavy atom. The van der Waals surface area contributed by atoms with E-state index in [9.17, 15) is 34.0 Å². The quantitative estimate of drug-likeness (QED) is 0.237. The Bertz CT molecular complexity index is 2350. The number of carbonyl (C=O) groups is 5. The summed E-state index contributed by atoms with van der Waals surface area (Å²) in [6, 6.07) is 16.6. The molecule has 1 atom stereocenters. The van der Waals surface area contributed by atoms with Crippen molar-refractivity contribution in [2.24, 2.45) is 13.0 Å². The second-order valence-electron chi connectivity index (χ2n) is 13.0. The summed E-state index contributed by atoms with van der Waals surface area (Å²) < 4.78 is 2.39. The van der Waals surface area contributed by atoms with Gasteiger partial charge in [-0.25, -0.2) is 4.79 Å². The molecule has 1 aromatic heterocycles. The van der Waals surface area contributed by atoms with E-state index in [1.165, 1.54) is 11.6 Å². The molecule has 14 nitrogen and oxygen atoms in total. The Hall–Kier alpha value is -6.54. The zero-order valence-electron chi connectivity index (χ0n) is 27.3. The van der Waals surface area contributed by atoms with Gasteiger partial charge in [0.1, 0.15) is 11.6 Å². The summed E-state index contributed by atoms with van der Waals surface area (Å²) in [5, 5.41) is 20.4. The normalized spacial score (nSPS) is 17.5. The van der Waals surface area contributed by atoms with E-state index in [1.807, 2.05) is 23.1 Å². The lowest BCUT2D eigenvalue weighted by Gasteiger charge is -2.38. The topological polar surface area (TPSA) is 179 Å². The van der Waals surface area contributed by atoms with Crippen LogP contribution in [-0.4, -0.2) is 67.9 Å². The van der Waals surface area contributed by atoms with E-state index in [0.29, 0.717) is 40.8 Å². The fraction of sp³-hybridized carbons (Fsp3) is 0.278. The van der Waals surface area contributed by atoms with Gasteiger partial charge in [-0.1, -0.05) is 30.2 Å². The van der Waals surface area contributed by atoms with Crippen molar-refractivity contribution < 1.29 is 24.0 Å². The number of imide groups is 2. The summed E-state index contributed by atoms with van der Waals surface area (Å²) >= 11 is 0. The van der Waals surface area contributed by atoms with Crippen molar-refractivity contribution in [3.63, 3.8) is 0 Å². The van der Waals surface area contributed by atoms with Crippen LogP contribution >= 0.6 is 0 Å². The lowest BCUT2D eigenvalue weighted by Crippen LogP contribution is -2.54. The molecule has 0 radical (unpaired) electrons. The van der Waals surface area contributed by atoms with E-state index in [-0.39, 0.29) is 35.7 Å². The molecular weight excluding hydrogens is 640 g/mol. The summed E-state index contributed by atoms with van der Waals surface area (Å²) in [6.45, 7) is 4.21. The van der Waals surface area contributed by atoms with Crippen LogP contribution < -0.4 is 21.2 Å². The van der Waals surface area contributed by atoms with E-state index in [1.54, 1.807) is 50.2 Å². The summed E-state index contributed by atoms with van der Waals surface area (Å²) in [5.41, 5.74) is 0.198. The van der Waals surface area contributed by atoms with Gasteiger partial charge in [0, 0.05) is 48.7 Å². The number of hydrogen-bond acceptors (Lipinski definition) is 9. The number of piperidine rings is 1. The van der Waals surface area contributed by atoms with Crippen molar-refractivity contribution in [3.05, 3.63) is 87.6 Å². The monoisotopic (exact) mass is 670 g/mol. The number of carbonyl (C=O) groups excluding carboxylic acids is 5. The van der Waals surface area contributed by atoms with Crippen LogP contribution in [0.1, 0.15) is 58.8 Å². The third kappa shape index (κ3) is 5.18. The fourth-order valence-corrected chi connectivity index (χ4v) is 6.39. The highest BCUT2D eigenvalue weighted by atomic mass is 16.2. The van der Waals surface area contributed by atoms with Gasteiger partial charge in [-0.05, 0) is 56.5 Å². The van der Waals surface area contributed by atoms with Gasteiger partial charge >= 0.3 is 5.69 Å². The van der Waals surface area contributed by atoms with Crippen LogP contribution in [0, 0.1) is 29.1 Å². The molecule has 4 aromatic rings. The minimum atomic E-state index is -1.39. The molecule has 3 aliphatic rings. The molecule has 14 heteroatoms. The van der Waals surface area contributed by atoms with Crippen molar-refractivity contribution in [1.82, 2.24) is 24.6 Å². The van der Waals surface area contributed by atoms with Gasteiger partial charge < -0.3 is 10.2 Å². The first kappa shape index (κ1) is 32.0. The number of fused-ring (bicyclic) bond motifs is 2. The van der Waals surface area contributed by atoms with Gasteiger partial charge in [-0.2, -0.15) is 9.94 Å². The van der Waals surface area contributed by atoms with Crippen molar-refractivity contribution in [2.45, 2.75) is 38.3 Å². The van der Waals surface area contributed by atoms with Gasteiger partial charge in [0.05, 0.1) is 28.7 Å². The summed E-state index contributed by atoms with van der Waals surface area (Å²) in [7, 11) is 1.53. The Morgan fingerprint density at radius 1 is 0.980 bits per heavy atom. The first-order valence-corrected chi connectivity index (χ1v) is 15.9. The third-order valence-electron chi connectivity index (χ3n) is 9.42. The second-order valence-corrected chi connectivity index (χ2v) is 13.0. The molecule has 0 bridgehead atoms. The number of anilines is 2. The fourth-order valence-electron chi connectivity index (χ4n) is 6.39. The highest BCUT2D eigenvalue weighted by molar-refractivity contribution is 6.23. The Kier molecular flexibility index (Phi) is 7.59. The van der Waals surface area contributed by atoms with Gasteiger partial charge in [0.15, 0.2) is 0 Å². The van der Waals surface area contributed by atoms with E-state index < -0.39 is 46.8 Å². The second kappa shape index (κ2) is 11.9. The number of benzene rings is 3. The van der Waals surface area contributed by atoms with Crippen LogP contribution in [0.5, 0.6) is 0 Å². The predicted molar refractivity (Wildman–Crippen MR) is 180 cm³/mol. The summed E-state index contributed by atoms with van der Waals surface area (Å²) in [4.78, 5) is 79.8. The predicted octanol–water partition coefficient (Wildman–Crippen LogP) is 1.87. The van der Waals surface area contributed by atoms with Crippen LogP contribution in [0.3, 0.4) is 0 Å². The first-order valence-electron chi connectivity index (χ1n) is 15.9. The van der Waals surface area contributed by atoms with Crippen molar-refractivity contribution in [2.75, 3.05) is 23.3 Å². The molecule has 0 aliphatic carbocycles. The third-order valence-corrected chi connectivity index (χ3v) is 9.42. The lowest BCUT2D eigenvalue weighted by atomic mass is 9.98. The molecule has 1 unspecified atom stereocenters. The number of rotatable bonds is 5. The number of amides is 5. The van der Waals surface area contributed by atoms with E-state index >= 15 is 0 Å². The van der Waals surface area contributed by atoms with E-state index in [2.05, 4.69) is 33.6 Å². The SMILES string of the molecule is Cn1c(C#CC2CN(c3ccc4c(c3)C(=O)N(C3CCC(=O)NC3=O)C4=O)C2)nn(C(C)(C)C(=O)Nc2ccc(C#N)c3ccccc23)c1=O. The van der Waals surface area contributed by atoms with Crippen LogP contribution in [0.2, 0.25) is 0 Å². The van der Waals surface area contributed by atoms with E-state index in [0.717, 1.165) is 9.58 Å². The maximum absolute atomic E-state index is 13.5. The molecule has 0 spiro atoms. The van der Waals surface area contributed by atoms with Gasteiger partial charge in [-0.3, -0.25) is 38.8 Å². The van der Waals surface area contributed by atoms with Crippen molar-refractivity contribution >= 4 is 51.7 Å². The van der Waals surface area contributed by atoms with Gasteiger partial charge in [0.2, 0.25) is 17.6 Å². The minimum absolute atomic E-state index is 0.0459. The Labute approximate surface area is 285 Å². The maximum atomic E-state index is 13.5. The average molecular weight is 671 g/mol. The number of nitrogens with zero attached hydrogens (tertiary/aromatic N) is 6. The lowest BCUT2D eigenvalue weighted by molar-refractivity contribution is -0.136. The highest BCUT2D eigenvalue weighted by Gasteiger charge is 2.45. The molecule has 0 saturated carbocycles. The Balaban J connectivity index is 1.03. The maximum Gasteiger partial charge on any atom is 0.347 e. The van der Waals surface area contributed by atoms with Crippen LogP contribution in [0.15, 0.2) is 59.4 Å². The standard InChI is InChI=1S/C36H30N8O6/c1-36(2,34(49)38-27-12-9-21(17-37)23-6-4-5-7-24(23)27)44-35(50)41(3)29(40-44)14-8-20-18-42(19-20)22-10-11-25-26(16-22)33(48)43(32(25)47)28-13-15-30(45)39-31(28)46/h4-7,9-12,16,20,28H,13,15,18-19H2,1-3H3,(H,38,49)(H,39,45,46). The van der Waals surface area contributed by atoms with Crippen LogP contribution in [0.25, 0.3) is 10.8 Å². The molecule has 3 aliphatic heterocycles. The van der Waals surface area contributed by atoms with Crippen LogP contribution in [-0.2, 0) is 27.0 Å². The zero-order valence-corrected chi connectivity index (χ0v) is 27.3. The Morgan fingerprint density at radius 2 is 1.70 bits per heavy atom. The minimum Gasteiger partial charge on any atom is -0.369 e. The molecule has 50 heavy (non-hydrogen) atoms. The molecule has 7 rings (SSSR count). The molecule has 4 heterocycles. The van der Waals surface area contributed by atoms with Crippen molar-refractivity contribution in [3.8, 4) is 17.9 Å². The van der Waals surface area contributed by atoms with Crippen molar-refractivity contribution in [1.29, 1.82) is 5.26 Å². The largest absolute Gasteiger partial charge is 0.369 e. The number of hydrogen-bond donors (Lipinski definition) is 2. The number of aromatic nitrogens is 3. The van der Waals surface area contributed by atoms with Crippen LogP contribution in [0.4, 0.5) is 11.4 Å². The highest BCUT2D eigenvalue weighted by Crippen LogP contribution is 2.33. The summed E-state index contributed by atoms with van der Waals surface area (Å²) in [6.07, 6.45) is 0.129. The number of nitrogens with one attached hydrogen (secondary N) is 2.